The van der Waals surface area contributed by atoms with E-state index in [4.69, 9.17) is 139 Å². The lowest BCUT2D eigenvalue weighted by Gasteiger charge is -2.23. The van der Waals surface area contributed by atoms with Gasteiger partial charge in [-0.05, 0) is 30.4 Å². The van der Waals surface area contributed by atoms with Gasteiger partial charge in [0.15, 0.2) is 5.15 Å². The molecule has 0 spiro atoms. The fraction of sp³-hybridized carbons (Fsp3) is 0.483. The largest absolute Gasteiger partial charge is 0.449 e. The van der Waals surface area contributed by atoms with E-state index < -0.39 is 22.4 Å². The number of alkyl halides is 4. The van der Waals surface area contributed by atoms with Crippen LogP contribution in [-0.2, 0) is 51.2 Å². The molecule has 13 nitrogen and oxygen atoms in total. The molecular weight excluding hydrogens is 1080 g/mol. The Morgan fingerprint density at radius 2 is 1.58 bits per heavy atom. The van der Waals surface area contributed by atoms with Gasteiger partial charge in [0.25, 0.3) is 9.82 Å². The van der Waals surface area contributed by atoms with Gasteiger partial charge in [0.1, 0.15) is 10.0 Å². The van der Waals surface area contributed by atoms with Gasteiger partial charge in [-0.3, -0.25) is 14.5 Å². The van der Waals surface area contributed by atoms with Crippen LogP contribution in [0.2, 0.25) is 15.2 Å². The predicted molar refractivity (Wildman–Crippen MR) is 245 cm³/mol. The Morgan fingerprint density at radius 1 is 1.04 bits per heavy atom. The van der Waals surface area contributed by atoms with E-state index in [-0.39, 0.29) is 43.6 Å². The second kappa shape index (κ2) is 27.3. The molecule has 2 heterocycles. The first-order chi connectivity index (χ1) is 25.5. The molecule has 3 amide bonds. The summed E-state index contributed by atoms with van der Waals surface area (Å²) in [7, 11) is 7.29. The SMILES string of the molecule is CCCC(COC(N)=O)C(C)I.CNC(=O)CSP(=S)(OC)OC.COP(=S)(OC)Oc1nc(Cl)c(Cl)cc1Cl.O=C1c2ccccc2C(=S)N1C(Cl)(Cl)Cl. The molecule has 2 aromatic rings. The number of aromatic nitrogens is 1. The van der Waals surface area contributed by atoms with E-state index in [2.05, 4.69) is 46.7 Å². The topological polar surface area (TPSA) is 161 Å². The number of halogens is 7. The number of amides is 3. The third-order valence-corrected chi connectivity index (χ3v) is 17.3. The normalized spacial score (nSPS) is 13.5. The van der Waals surface area contributed by atoms with Crippen molar-refractivity contribution >= 4 is 175 Å². The van der Waals surface area contributed by atoms with Crippen molar-refractivity contribution in [3.63, 3.8) is 0 Å². The molecule has 1 aromatic heterocycles. The van der Waals surface area contributed by atoms with E-state index >= 15 is 0 Å². The van der Waals surface area contributed by atoms with Crippen LogP contribution >= 0.6 is 128 Å². The van der Waals surface area contributed by atoms with Crippen LogP contribution in [0.3, 0.4) is 0 Å². The number of pyridine rings is 1. The summed E-state index contributed by atoms with van der Waals surface area (Å²) in [5.74, 6) is 0.278. The van der Waals surface area contributed by atoms with Gasteiger partial charge in [-0.15, -0.1) is 0 Å². The van der Waals surface area contributed by atoms with Gasteiger partial charge in [0.2, 0.25) is 17.5 Å². The number of primary amides is 1. The number of hydrogen-bond acceptors (Lipinski definition) is 14. The maximum Gasteiger partial charge on any atom is 0.404 e. The summed E-state index contributed by atoms with van der Waals surface area (Å²) >= 11 is 52.9. The molecule has 1 aliphatic heterocycles. The van der Waals surface area contributed by atoms with Crippen LogP contribution in [0.5, 0.6) is 5.88 Å². The summed E-state index contributed by atoms with van der Waals surface area (Å²) in [4.78, 5) is 38.0. The molecule has 0 fully saturated rings. The number of rotatable bonds is 14. The monoisotopic (exact) mass is 1110 g/mol. The molecule has 0 saturated carbocycles. The van der Waals surface area contributed by atoms with Crippen molar-refractivity contribution in [1.82, 2.24) is 15.2 Å². The first-order valence-electron chi connectivity index (χ1n) is 15.1. The highest BCUT2D eigenvalue weighted by Gasteiger charge is 2.43. The molecule has 0 radical (unpaired) electrons. The van der Waals surface area contributed by atoms with Crippen LogP contribution in [0.1, 0.15) is 42.6 Å². The fourth-order valence-corrected chi connectivity index (χ4v) is 9.32. The molecule has 312 valence electrons. The van der Waals surface area contributed by atoms with Crippen molar-refractivity contribution in [2.45, 2.75) is 34.5 Å². The van der Waals surface area contributed by atoms with Crippen molar-refractivity contribution in [3.05, 3.63) is 56.7 Å². The average molecular weight is 1120 g/mol. The number of carbonyl (C=O) groups excluding carboxylic acids is 3. The Labute approximate surface area is 384 Å². The van der Waals surface area contributed by atoms with Crippen molar-refractivity contribution in [3.8, 4) is 5.88 Å². The summed E-state index contributed by atoms with van der Waals surface area (Å²) in [6, 6.07) is 8.30. The standard InChI is InChI=1S/C9H4Cl3NOS.C8H16INO2.C7H7Cl3NO3PS.C5H12NO3PS2/c10-9(11,12)13-7(14)5-3-1-2-4-6(5)8(13)15;1-3-4-7(6(2)9)5-12-8(10)11;1-12-15(16,13-2)14-7-5(9)3-4(8)6(10)11-7;1-6-5(7)4-12-10(11,8-2)9-3/h1-4H;6-7H,3-5H2,1-2H3,(H2,10,11);3H,1-2H3;4H2,1-3H3,(H,6,7). The first-order valence-corrected chi connectivity index (χ1v) is 25.8. The number of carbonyl (C=O) groups is 3. The Balaban J connectivity index is 0.000000714. The van der Waals surface area contributed by atoms with Crippen LogP contribution in [0, 0.1) is 5.92 Å². The second-order valence-electron chi connectivity index (χ2n) is 10.0. The van der Waals surface area contributed by atoms with Gasteiger partial charge >= 0.3 is 12.8 Å². The summed E-state index contributed by atoms with van der Waals surface area (Å²) < 4.78 is 28.5. The van der Waals surface area contributed by atoms with E-state index in [1.54, 1.807) is 31.3 Å². The van der Waals surface area contributed by atoms with Crippen LogP contribution in [0.25, 0.3) is 0 Å². The molecule has 26 heteroatoms. The molecule has 0 saturated heterocycles. The van der Waals surface area contributed by atoms with Crippen LogP contribution < -0.4 is 15.6 Å². The van der Waals surface area contributed by atoms with Crippen molar-refractivity contribution < 1.29 is 41.7 Å². The lowest BCUT2D eigenvalue weighted by atomic mass is 10.0. The zero-order valence-corrected chi connectivity index (χ0v) is 41.9. The van der Waals surface area contributed by atoms with Crippen molar-refractivity contribution in [2.24, 2.45) is 11.7 Å². The summed E-state index contributed by atoms with van der Waals surface area (Å²) in [6.07, 6.45) is 1.52. The van der Waals surface area contributed by atoms with E-state index in [1.807, 2.05) is 0 Å². The maximum absolute atomic E-state index is 11.8. The number of nitrogens with two attached hydrogens (primary N) is 1. The van der Waals surface area contributed by atoms with Gasteiger partial charge in [-0.1, -0.05) is 154 Å². The Morgan fingerprint density at radius 3 is 2.00 bits per heavy atom. The van der Waals surface area contributed by atoms with Gasteiger partial charge in [-0.25, -0.2) is 4.79 Å². The first kappa shape index (κ1) is 55.4. The highest BCUT2D eigenvalue weighted by atomic mass is 127. The Kier molecular flexibility index (Phi) is 27.5. The van der Waals surface area contributed by atoms with Crippen molar-refractivity contribution in [2.75, 3.05) is 47.8 Å². The van der Waals surface area contributed by atoms with Gasteiger partial charge < -0.3 is 38.4 Å². The van der Waals surface area contributed by atoms with Gasteiger partial charge in [0, 0.05) is 62.7 Å². The van der Waals surface area contributed by atoms with E-state index in [1.165, 1.54) is 45.9 Å². The molecular formula is C29H39Cl6IN4O9P2S4. The minimum absolute atomic E-state index is 0.0306. The maximum atomic E-state index is 11.8. The summed E-state index contributed by atoms with van der Waals surface area (Å²) in [5, 5.41) is 2.95. The lowest BCUT2D eigenvalue weighted by Crippen LogP contribution is -2.39. The number of thiocarbonyl (C=S) groups is 1. The fourth-order valence-electron chi connectivity index (χ4n) is 3.56. The number of hydrogen-bond donors (Lipinski definition) is 2. The van der Waals surface area contributed by atoms with Crippen LogP contribution in [0.15, 0.2) is 30.3 Å². The summed E-state index contributed by atoms with van der Waals surface area (Å²) in [6.45, 7) is 1.81. The third-order valence-electron chi connectivity index (χ3n) is 6.38. The zero-order valence-electron chi connectivity index (χ0n) is 30.2. The smallest absolute Gasteiger partial charge is 0.404 e. The highest BCUT2D eigenvalue weighted by Crippen LogP contribution is 2.59. The Hall–Kier alpha value is 0.430. The van der Waals surface area contributed by atoms with Gasteiger partial charge in [0.05, 0.1) is 22.9 Å². The molecule has 0 aliphatic carbocycles. The second-order valence-corrected chi connectivity index (χ2v) is 25.4. The average Bonchev–Trinajstić information content (AvgIpc) is 3.41. The van der Waals surface area contributed by atoms with Crippen molar-refractivity contribution in [1.29, 1.82) is 0 Å². The molecule has 3 N–H and O–H groups in total. The molecule has 55 heavy (non-hydrogen) atoms. The molecule has 1 aliphatic rings. The van der Waals surface area contributed by atoms with E-state index in [0.717, 1.165) is 17.7 Å². The molecule has 2 atom stereocenters. The highest BCUT2D eigenvalue weighted by molar-refractivity contribution is 14.1. The minimum atomic E-state index is -2.88. The van der Waals surface area contributed by atoms with Crippen LogP contribution in [-0.4, -0.2) is 88.5 Å². The lowest BCUT2D eigenvalue weighted by molar-refractivity contribution is -0.118. The molecule has 2 unspecified atom stereocenters. The number of nitrogens with zero attached hydrogens (tertiary/aromatic N) is 2. The van der Waals surface area contributed by atoms with E-state index in [9.17, 15) is 14.4 Å². The zero-order chi connectivity index (χ0) is 42.7. The predicted octanol–water partition coefficient (Wildman–Crippen LogP) is 10.4. The Bertz CT molecular complexity index is 1650. The number of fused-ring (bicyclic) bond motifs is 1. The summed E-state index contributed by atoms with van der Waals surface area (Å²) in [5.41, 5.74) is 3.71. The number of ether oxygens (including phenoxy) is 1. The number of nitrogens with one attached hydrogen (secondary N) is 1. The van der Waals surface area contributed by atoms with E-state index in [0.29, 0.717) is 27.6 Å². The van der Waals surface area contributed by atoms with Gasteiger partial charge in [-0.2, -0.15) is 4.98 Å². The molecule has 3 rings (SSSR count). The molecule has 0 bridgehead atoms. The molecule has 1 aromatic carbocycles. The van der Waals surface area contributed by atoms with Crippen LogP contribution in [0.4, 0.5) is 4.79 Å². The minimum Gasteiger partial charge on any atom is -0.449 e. The number of benzene rings is 1. The third kappa shape index (κ3) is 20.0. The quantitative estimate of drug-likeness (QED) is 0.0459.